The summed E-state index contributed by atoms with van der Waals surface area (Å²) >= 11 is 0. The van der Waals surface area contributed by atoms with Crippen molar-refractivity contribution in [2.24, 2.45) is 7.05 Å². The van der Waals surface area contributed by atoms with E-state index in [-0.39, 0.29) is 11.5 Å². The maximum absolute atomic E-state index is 12.4. The van der Waals surface area contributed by atoms with Crippen LogP contribution in [0.2, 0.25) is 0 Å². The van der Waals surface area contributed by atoms with Gasteiger partial charge < -0.3 is 0 Å². The van der Waals surface area contributed by atoms with Gasteiger partial charge in [0.25, 0.3) is 0 Å². The zero-order valence-electron chi connectivity index (χ0n) is 11.7. The molecule has 0 atom stereocenters. The van der Waals surface area contributed by atoms with E-state index in [1.54, 1.807) is 24.0 Å². The third-order valence-corrected chi connectivity index (χ3v) is 5.03. The molecule has 4 nitrogen and oxygen atoms in total. The first kappa shape index (κ1) is 13.8. The second-order valence-electron chi connectivity index (χ2n) is 5.12. The number of rotatable bonds is 4. The molecular weight excluding hydrogens is 284 g/mol. The molecule has 0 saturated heterocycles. The molecule has 108 valence electrons. The van der Waals surface area contributed by atoms with Crippen LogP contribution in [0.5, 0.6) is 0 Å². The van der Waals surface area contributed by atoms with E-state index in [0.717, 1.165) is 16.3 Å². The molecular formula is C16H16N2O2S. The number of hydrogen-bond donors (Lipinski definition) is 0. The van der Waals surface area contributed by atoms with Crippen molar-refractivity contribution in [3.05, 3.63) is 66.0 Å². The molecule has 0 aliphatic heterocycles. The van der Waals surface area contributed by atoms with Gasteiger partial charge >= 0.3 is 0 Å². The molecule has 0 amide bonds. The van der Waals surface area contributed by atoms with Gasteiger partial charge in [0.05, 0.1) is 17.2 Å². The lowest BCUT2D eigenvalue weighted by Gasteiger charge is -2.08. The second kappa shape index (κ2) is 5.33. The monoisotopic (exact) mass is 300 g/mol. The van der Waals surface area contributed by atoms with Gasteiger partial charge in [0.1, 0.15) is 0 Å². The van der Waals surface area contributed by atoms with Gasteiger partial charge in [-0.3, -0.25) is 4.68 Å². The van der Waals surface area contributed by atoms with Gasteiger partial charge in [-0.05, 0) is 22.4 Å². The number of hydrogen-bond acceptors (Lipinski definition) is 3. The minimum atomic E-state index is -3.23. The zero-order valence-corrected chi connectivity index (χ0v) is 12.5. The van der Waals surface area contributed by atoms with E-state index in [2.05, 4.69) is 5.10 Å². The molecule has 0 saturated carbocycles. The van der Waals surface area contributed by atoms with Crippen molar-refractivity contribution < 1.29 is 8.42 Å². The van der Waals surface area contributed by atoms with Crippen molar-refractivity contribution in [1.29, 1.82) is 0 Å². The molecule has 3 rings (SSSR count). The summed E-state index contributed by atoms with van der Waals surface area (Å²) in [5.74, 6) is 0.0479. The van der Waals surface area contributed by atoms with Crippen molar-refractivity contribution in [3.8, 4) is 0 Å². The predicted octanol–water partition coefficient (Wildman–Crippen LogP) is 2.69. The molecule has 0 bridgehead atoms. The maximum atomic E-state index is 12.4. The smallest absolute Gasteiger partial charge is 0.160 e. The topological polar surface area (TPSA) is 52.0 Å². The molecule has 0 N–H and O–H groups in total. The minimum absolute atomic E-state index is 0.00667. The van der Waals surface area contributed by atoms with Crippen molar-refractivity contribution in [2.45, 2.75) is 11.5 Å². The summed E-state index contributed by atoms with van der Waals surface area (Å²) in [5, 5.41) is 6.06. The fourth-order valence-corrected chi connectivity index (χ4v) is 4.04. The van der Waals surface area contributed by atoms with E-state index >= 15 is 0 Å². The lowest BCUT2D eigenvalue weighted by atomic mass is 10.1. The predicted molar refractivity (Wildman–Crippen MR) is 83.5 cm³/mol. The summed E-state index contributed by atoms with van der Waals surface area (Å²) < 4.78 is 26.4. The van der Waals surface area contributed by atoms with Gasteiger partial charge in [-0.15, -0.1) is 0 Å². The van der Waals surface area contributed by atoms with E-state index in [0.29, 0.717) is 5.69 Å². The zero-order chi connectivity index (χ0) is 14.9. The van der Waals surface area contributed by atoms with Gasteiger partial charge in [-0.25, -0.2) is 8.42 Å². The maximum Gasteiger partial charge on any atom is 0.160 e. The largest absolute Gasteiger partial charge is 0.272 e. The third kappa shape index (κ3) is 2.97. The first-order chi connectivity index (χ1) is 10.1. The van der Waals surface area contributed by atoms with Crippen molar-refractivity contribution in [3.63, 3.8) is 0 Å². The summed E-state index contributed by atoms with van der Waals surface area (Å²) in [7, 11) is -1.48. The van der Waals surface area contributed by atoms with Crippen LogP contribution in [0.4, 0.5) is 0 Å². The van der Waals surface area contributed by atoms with Crippen LogP contribution in [0.15, 0.2) is 54.7 Å². The number of aryl methyl sites for hydroxylation is 1. The standard InChI is InChI=1S/C16H16N2O2S/c1-18-15(9-10-17-18)12-21(19,20)11-14-7-4-6-13-5-2-3-8-16(13)14/h2-10H,11-12H2,1H3. The van der Waals surface area contributed by atoms with Gasteiger partial charge in [-0.1, -0.05) is 42.5 Å². The van der Waals surface area contributed by atoms with Crippen LogP contribution in [-0.2, 0) is 28.4 Å². The average molecular weight is 300 g/mol. The van der Waals surface area contributed by atoms with E-state index in [9.17, 15) is 8.42 Å². The summed E-state index contributed by atoms with van der Waals surface area (Å²) in [6.45, 7) is 0. The van der Waals surface area contributed by atoms with Crippen molar-refractivity contribution in [2.75, 3.05) is 0 Å². The van der Waals surface area contributed by atoms with Crippen LogP contribution < -0.4 is 0 Å². The third-order valence-electron chi connectivity index (χ3n) is 3.55. The number of aromatic nitrogens is 2. The highest BCUT2D eigenvalue weighted by Crippen LogP contribution is 2.21. The average Bonchev–Trinajstić information content (AvgIpc) is 2.84. The van der Waals surface area contributed by atoms with Gasteiger partial charge in [0, 0.05) is 13.2 Å². The molecule has 0 aliphatic rings. The summed E-state index contributed by atoms with van der Waals surface area (Å²) in [6.07, 6.45) is 1.61. The van der Waals surface area contributed by atoms with Crippen molar-refractivity contribution >= 4 is 20.6 Å². The highest BCUT2D eigenvalue weighted by Gasteiger charge is 2.16. The molecule has 1 heterocycles. The Morgan fingerprint density at radius 3 is 2.52 bits per heavy atom. The van der Waals surface area contributed by atoms with Crippen LogP contribution >= 0.6 is 0 Å². The number of fused-ring (bicyclic) bond motifs is 1. The molecule has 0 fully saturated rings. The Morgan fingerprint density at radius 2 is 1.76 bits per heavy atom. The molecule has 3 aromatic rings. The number of nitrogens with zero attached hydrogens (tertiary/aromatic N) is 2. The van der Waals surface area contributed by atoms with Crippen LogP contribution in [-0.4, -0.2) is 18.2 Å². The van der Waals surface area contributed by atoms with Gasteiger partial charge in [0.15, 0.2) is 9.84 Å². The molecule has 2 aromatic carbocycles. The Balaban J connectivity index is 1.93. The van der Waals surface area contributed by atoms with E-state index in [1.165, 1.54) is 0 Å². The quantitative estimate of drug-likeness (QED) is 0.744. The number of sulfone groups is 1. The molecule has 0 aliphatic carbocycles. The fraction of sp³-hybridized carbons (Fsp3) is 0.188. The molecule has 0 radical (unpaired) electrons. The molecule has 1 aromatic heterocycles. The summed E-state index contributed by atoms with van der Waals surface area (Å²) in [4.78, 5) is 0. The summed E-state index contributed by atoms with van der Waals surface area (Å²) in [5.41, 5.74) is 1.55. The van der Waals surface area contributed by atoms with Crippen LogP contribution in [0, 0.1) is 0 Å². The normalized spacial score (nSPS) is 11.9. The van der Waals surface area contributed by atoms with E-state index in [4.69, 9.17) is 0 Å². The molecule has 0 spiro atoms. The highest BCUT2D eigenvalue weighted by molar-refractivity contribution is 7.89. The van der Waals surface area contributed by atoms with E-state index in [1.807, 2.05) is 42.5 Å². The van der Waals surface area contributed by atoms with Gasteiger partial charge in [-0.2, -0.15) is 5.10 Å². The van der Waals surface area contributed by atoms with Gasteiger partial charge in [0.2, 0.25) is 0 Å². The minimum Gasteiger partial charge on any atom is -0.272 e. The summed E-state index contributed by atoms with van der Waals surface area (Å²) in [6, 6.07) is 15.3. The Kier molecular flexibility index (Phi) is 3.51. The molecule has 0 unspecified atom stereocenters. The Bertz CT molecular complexity index is 877. The SMILES string of the molecule is Cn1nccc1CS(=O)(=O)Cc1cccc2ccccc12. The fourth-order valence-electron chi connectivity index (χ4n) is 2.47. The number of benzene rings is 2. The Hall–Kier alpha value is -2.14. The van der Waals surface area contributed by atoms with E-state index < -0.39 is 9.84 Å². The molecule has 5 heteroatoms. The Labute approximate surface area is 123 Å². The lowest BCUT2D eigenvalue weighted by Crippen LogP contribution is -2.11. The highest BCUT2D eigenvalue weighted by atomic mass is 32.2. The Morgan fingerprint density at radius 1 is 1.00 bits per heavy atom. The second-order valence-corrected chi connectivity index (χ2v) is 7.18. The van der Waals surface area contributed by atoms with Crippen LogP contribution in [0.1, 0.15) is 11.3 Å². The van der Waals surface area contributed by atoms with Crippen LogP contribution in [0.25, 0.3) is 10.8 Å². The van der Waals surface area contributed by atoms with Crippen LogP contribution in [0.3, 0.4) is 0 Å². The lowest BCUT2D eigenvalue weighted by molar-refractivity contribution is 0.591. The molecule has 21 heavy (non-hydrogen) atoms. The first-order valence-electron chi connectivity index (χ1n) is 6.69. The van der Waals surface area contributed by atoms with Crippen molar-refractivity contribution in [1.82, 2.24) is 9.78 Å². The first-order valence-corrected chi connectivity index (χ1v) is 8.51.